The van der Waals surface area contributed by atoms with Crippen molar-refractivity contribution in [1.82, 2.24) is 10.6 Å². The molecule has 2 N–H and O–H groups in total. The first-order valence-corrected chi connectivity index (χ1v) is 6.74. The van der Waals surface area contributed by atoms with Crippen LogP contribution in [0.5, 0.6) is 0 Å². The van der Waals surface area contributed by atoms with Crippen molar-refractivity contribution in [2.75, 3.05) is 13.1 Å². The highest BCUT2D eigenvalue weighted by Crippen LogP contribution is 2.20. The maximum Gasteiger partial charge on any atom is 0.287 e. The van der Waals surface area contributed by atoms with Crippen molar-refractivity contribution in [3.63, 3.8) is 0 Å². The summed E-state index contributed by atoms with van der Waals surface area (Å²) in [5.74, 6) is 0.272. The van der Waals surface area contributed by atoms with Gasteiger partial charge in [-0.15, -0.1) is 12.4 Å². The number of halogens is 1. The predicted octanol–water partition coefficient (Wildman–Crippen LogP) is 2.64. The van der Waals surface area contributed by atoms with Crippen molar-refractivity contribution in [3.05, 3.63) is 35.6 Å². The van der Waals surface area contributed by atoms with E-state index in [0.29, 0.717) is 5.76 Å². The lowest BCUT2D eigenvalue weighted by Gasteiger charge is -2.23. The molecule has 1 amide bonds. The zero-order valence-electron chi connectivity index (χ0n) is 11.4. The van der Waals surface area contributed by atoms with E-state index in [4.69, 9.17) is 4.42 Å². The van der Waals surface area contributed by atoms with Crippen LogP contribution in [0.1, 0.15) is 29.0 Å². The van der Waals surface area contributed by atoms with Gasteiger partial charge in [0.05, 0.1) is 0 Å². The van der Waals surface area contributed by atoms with Gasteiger partial charge in [-0.05, 0) is 44.5 Å². The Bertz CT molecular complexity index is 603. The number of aryl methyl sites for hydroxylation is 1. The fourth-order valence-electron chi connectivity index (χ4n) is 2.51. The molecule has 0 spiro atoms. The van der Waals surface area contributed by atoms with Gasteiger partial charge in [-0.1, -0.05) is 11.6 Å². The molecule has 2 heterocycles. The third kappa shape index (κ3) is 3.14. The Balaban J connectivity index is 0.00000147. The van der Waals surface area contributed by atoms with Crippen molar-refractivity contribution in [1.29, 1.82) is 0 Å². The molecule has 0 bridgehead atoms. The number of carbonyl (C=O) groups is 1. The fourth-order valence-corrected chi connectivity index (χ4v) is 2.51. The fraction of sp³-hybridized carbons (Fsp3) is 0.400. The second kappa shape index (κ2) is 6.29. The van der Waals surface area contributed by atoms with Gasteiger partial charge in [0.1, 0.15) is 5.58 Å². The molecule has 2 aromatic rings. The van der Waals surface area contributed by atoms with Crippen LogP contribution in [0.4, 0.5) is 0 Å². The second-order valence-electron chi connectivity index (χ2n) is 5.17. The molecule has 20 heavy (non-hydrogen) atoms. The molecule has 1 saturated heterocycles. The zero-order chi connectivity index (χ0) is 13.2. The van der Waals surface area contributed by atoms with Gasteiger partial charge >= 0.3 is 0 Å². The van der Waals surface area contributed by atoms with Crippen LogP contribution in [0, 0.1) is 6.92 Å². The van der Waals surface area contributed by atoms with E-state index in [9.17, 15) is 4.79 Å². The van der Waals surface area contributed by atoms with E-state index >= 15 is 0 Å². The van der Waals surface area contributed by atoms with Gasteiger partial charge in [0, 0.05) is 18.0 Å². The molecule has 0 saturated carbocycles. The molecule has 1 unspecified atom stereocenters. The topological polar surface area (TPSA) is 54.3 Å². The highest BCUT2D eigenvalue weighted by molar-refractivity contribution is 5.96. The minimum atomic E-state index is -0.123. The van der Waals surface area contributed by atoms with Gasteiger partial charge in [0.15, 0.2) is 5.76 Å². The van der Waals surface area contributed by atoms with E-state index in [1.165, 1.54) is 0 Å². The summed E-state index contributed by atoms with van der Waals surface area (Å²) in [6.07, 6.45) is 2.13. The highest BCUT2D eigenvalue weighted by Gasteiger charge is 2.18. The quantitative estimate of drug-likeness (QED) is 0.895. The number of hydrogen-bond acceptors (Lipinski definition) is 3. The minimum Gasteiger partial charge on any atom is -0.451 e. The molecule has 1 fully saturated rings. The first-order valence-electron chi connectivity index (χ1n) is 6.74. The smallest absolute Gasteiger partial charge is 0.287 e. The van der Waals surface area contributed by atoms with Crippen LogP contribution in [0.3, 0.4) is 0 Å². The van der Waals surface area contributed by atoms with E-state index < -0.39 is 0 Å². The van der Waals surface area contributed by atoms with Gasteiger partial charge in [-0.3, -0.25) is 4.79 Å². The molecule has 1 atom stereocenters. The highest BCUT2D eigenvalue weighted by atomic mass is 35.5. The number of carbonyl (C=O) groups excluding carboxylic acids is 1. The van der Waals surface area contributed by atoms with Crippen LogP contribution in [-0.2, 0) is 0 Å². The Labute approximate surface area is 124 Å². The molecule has 1 aromatic carbocycles. The SMILES string of the molecule is Cc1ccc2oc(C(=O)NC3CCCNC3)cc2c1.Cl. The van der Waals surface area contributed by atoms with E-state index in [1.807, 2.05) is 31.2 Å². The number of rotatable bonds is 2. The van der Waals surface area contributed by atoms with Crippen LogP contribution in [-0.4, -0.2) is 25.0 Å². The molecule has 4 nitrogen and oxygen atoms in total. The molecule has 1 aromatic heterocycles. The Kier molecular flexibility index (Phi) is 4.68. The molecule has 1 aliphatic heterocycles. The average Bonchev–Trinajstić information content (AvgIpc) is 2.83. The van der Waals surface area contributed by atoms with Crippen LogP contribution >= 0.6 is 12.4 Å². The zero-order valence-corrected chi connectivity index (χ0v) is 12.3. The molecule has 1 aliphatic rings. The van der Waals surface area contributed by atoms with E-state index in [1.54, 1.807) is 0 Å². The standard InChI is InChI=1S/C15H18N2O2.ClH/c1-10-4-5-13-11(7-10)8-14(19-13)15(18)17-12-3-2-6-16-9-12;/h4-5,7-8,12,16H,2-3,6,9H2,1H3,(H,17,18);1H. The Morgan fingerprint density at radius 2 is 2.25 bits per heavy atom. The second-order valence-corrected chi connectivity index (χ2v) is 5.17. The van der Waals surface area contributed by atoms with Crippen molar-refractivity contribution in [2.24, 2.45) is 0 Å². The Morgan fingerprint density at radius 3 is 3.00 bits per heavy atom. The van der Waals surface area contributed by atoms with Crippen LogP contribution in [0.25, 0.3) is 11.0 Å². The van der Waals surface area contributed by atoms with Gasteiger partial charge in [-0.25, -0.2) is 0 Å². The maximum absolute atomic E-state index is 12.1. The van der Waals surface area contributed by atoms with E-state index in [-0.39, 0.29) is 24.4 Å². The first kappa shape index (κ1) is 14.9. The number of nitrogens with one attached hydrogen (secondary N) is 2. The summed E-state index contributed by atoms with van der Waals surface area (Å²) in [4.78, 5) is 12.1. The average molecular weight is 295 g/mol. The molecule has 5 heteroatoms. The van der Waals surface area contributed by atoms with Crippen molar-refractivity contribution >= 4 is 29.3 Å². The molecular weight excluding hydrogens is 276 g/mol. The Hall–Kier alpha value is -1.52. The van der Waals surface area contributed by atoms with E-state index in [0.717, 1.165) is 42.5 Å². The third-order valence-corrected chi connectivity index (χ3v) is 3.53. The number of benzene rings is 1. The largest absolute Gasteiger partial charge is 0.451 e. The van der Waals surface area contributed by atoms with Gasteiger partial charge in [0.25, 0.3) is 5.91 Å². The minimum absolute atomic E-state index is 0. The monoisotopic (exact) mass is 294 g/mol. The van der Waals surface area contributed by atoms with Crippen molar-refractivity contribution < 1.29 is 9.21 Å². The lowest BCUT2D eigenvalue weighted by molar-refractivity contribution is 0.0905. The Morgan fingerprint density at radius 1 is 1.40 bits per heavy atom. The van der Waals surface area contributed by atoms with Gasteiger partial charge < -0.3 is 15.1 Å². The molecular formula is C15H19ClN2O2. The number of furan rings is 1. The lowest BCUT2D eigenvalue weighted by Crippen LogP contribution is -2.45. The normalized spacial score (nSPS) is 18.6. The molecule has 3 rings (SSSR count). The summed E-state index contributed by atoms with van der Waals surface area (Å²) in [6.45, 7) is 3.90. The van der Waals surface area contributed by atoms with Crippen LogP contribution in [0.2, 0.25) is 0 Å². The molecule has 108 valence electrons. The number of fused-ring (bicyclic) bond motifs is 1. The predicted molar refractivity (Wildman–Crippen MR) is 81.6 cm³/mol. The number of piperidine rings is 1. The van der Waals surface area contributed by atoms with Crippen molar-refractivity contribution in [2.45, 2.75) is 25.8 Å². The summed E-state index contributed by atoms with van der Waals surface area (Å²) in [7, 11) is 0. The summed E-state index contributed by atoms with van der Waals surface area (Å²) in [5.41, 5.74) is 1.93. The summed E-state index contributed by atoms with van der Waals surface area (Å²) < 4.78 is 5.59. The van der Waals surface area contributed by atoms with Gasteiger partial charge in [-0.2, -0.15) is 0 Å². The van der Waals surface area contributed by atoms with Gasteiger partial charge in [0.2, 0.25) is 0 Å². The maximum atomic E-state index is 12.1. The third-order valence-electron chi connectivity index (χ3n) is 3.53. The summed E-state index contributed by atoms with van der Waals surface area (Å²) in [6, 6.07) is 7.93. The van der Waals surface area contributed by atoms with Crippen LogP contribution < -0.4 is 10.6 Å². The summed E-state index contributed by atoms with van der Waals surface area (Å²) >= 11 is 0. The van der Waals surface area contributed by atoms with Crippen LogP contribution in [0.15, 0.2) is 28.7 Å². The molecule has 0 radical (unpaired) electrons. The number of amides is 1. The lowest BCUT2D eigenvalue weighted by atomic mass is 10.1. The first-order chi connectivity index (χ1) is 9.22. The summed E-state index contributed by atoms with van der Waals surface area (Å²) in [5, 5.41) is 7.27. The van der Waals surface area contributed by atoms with Crippen molar-refractivity contribution in [3.8, 4) is 0 Å². The number of hydrogen-bond donors (Lipinski definition) is 2. The molecule has 0 aliphatic carbocycles. The van der Waals surface area contributed by atoms with E-state index in [2.05, 4.69) is 10.6 Å².